The highest BCUT2D eigenvalue weighted by Gasteiger charge is 2.17. The Bertz CT molecular complexity index is 766. The molecule has 0 aliphatic heterocycles. The highest BCUT2D eigenvalue weighted by molar-refractivity contribution is 6.02. The van der Waals surface area contributed by atoms with Crippen molar-refractivity contribution >= 4 is 16.9 Å². The number of hydrogen-bond acceptors (Lipinski definition) is 4. The van der Waals surface area contributed by atoms with Gasteiger partial charge < -0.3 is 4.74 Å². The fourth-order valence-electron chi connectivity index (χ4n) is 2.26. The first-order chi connectivity index (χ1) is 10.3. The summed E-state index contributed by atoms with van der Waals surface area (Å²) in [6.45, 7) is 2.68. The molecule has 106 valence electrons. The summed E-state index contributed by atoms with van der Waals surface area (Å²) in [5, 5.41) is 5.22. The van der Waals surface area contributed by atoms with E-state index in [-0.39, 0.29) is 0 Å². The smallest absolute Gasteiger partial charge is 0.359 e. The van der Waals surface area contributed by atoms with E-state index in [4.69, 9.17) is 4.74 Å². The summed E-state index contributed by atoms with van der Waals surface area (Å²) < 4.78 is 6.88. The average Bonchev–Trinajstić information content (AvgIpc) is 2.88. The van der Waals surface area contributed by atoms with Crippen LogP contribution in [-0.4, -0.2) is 27.3 Å². The van der Waals surface area contributed by atoms with Gasteiger partial charge in [-0.1, -0.05) is 24.3 Å². The van der Waals surface area contributed by atoms with Crippen LogP contribution in [0, 0.1) is 0 Å². The fraction of sp³-hybridized carbons (Fsp3) is 0.188. The van der Waals surface area contributed by atoms with E-state index in [1.54, 1.807) is 24.0 Å². The Hall–Kier alpha value is -2.69. The molecule has 2 aromatic heterocycles. The Balaban J connectivity index is 2.05. The number of carbonyl (C=O) groups is 1. The normalized spacial score (nSPS) is 10.7. The van der Waals surface area contributed by atoms with Crippen molar-refractivity contribution in [3.05, 3.63) is 60.0 Å². The standard InChI is InChI=1S/C16H15N3O2/c1-2-21-16(20)15-13-7-3-4-8-14(13)19(18-15)11-12-6-5-9-17-10-12/h3-10H,2,11H2,1H3. The Morgan fingerprint density at radius 3 is 2.86 bits per heavy atom. The molecule has 0 radical (unpaired) electrons. The molecule has 0 bridgehead atoms. The molecular weight excluding hydrogens is 266 g/mol. The lowest BCUT2D eigenvalue weighted by atomic mass is 10.2. The van der Waals surface area contributed by atoms with Crippen LogP contribution in [0.25, 0.3) is 10.9 Å². The molecule has 21 heavy (non-hydrogen) atoms. The summed E-state index contributed by atoms with van der Waals surface area (Å²) in [5.74, 6) is -0.390. The molecule has 0 unspecified atom stereocenters. The van der Waals surface area contributed by atoms with Crippen LogP contribution < -0.4 is 0 Å². The van der Waals surface area contributed by atoms with Crippen LogP contribution in [-0.2, 0) is 11.3 Å². The van der Waals surface area contributed by atoms with Crippen LogP contribution in [0.4, 0.5) is 0 Å². The second-order valence-corrected chi connectivity index (χ2v) is 4.61. The molecule has 0 saturated carbocycles. The third-order valence-electron chi connectivity index (χ3n) is 3.18. The van der Waals surface area contributed by atoms with E-state index >= 15 is 0 Å². The number of hydrogen-bond donors (Lipinski definition) is 0. The molecule has 0 amide bonds. The Morgan fingerprint density at radius 2 is 2.10 bits per heavy atom. The van der Waals surface area contributed by atoms with Crippen LogP contribution >= 0.6 is 0 Å². The molecule has 5 heteroatoms. The number of benzene rings is 1. The number of fused-ring (bicyclic) bond motifs is 1. The molecule has 0 fully saturated rings. The lowest BCUT2D eigenvalue weighted by Gasteiger charge is -2.02. The molecule has 0 N–H and O–H groups in total. The van der Waals surface area contributed by atoms with Crippen molar-refractivity contribution in [3.63, 3.8) is 0 Å². The van der Waals surface area contributed by atoms with Gasteiger partial charge in [0.2, 0.25) is 0 Å². The number of esters is 1. The SMILES string of the molecule is CCOC(=O)c1nn(Cc2cccnc2)c2ccccc12. The van der Waals surface area contributed by atoms with Gasteiger partial charge in [0.25, 0.3) is 0 Å². The minimum Gasteiger partial charge on any atom is -0.461 e. The molecule has 0 spiro atoms. The summed E-state index contributed by atoms with van der Waals surface area (Å²) in [5.41, 5.74) is 2.29. The van der Waals surface area contributed by atoms with Gasteiger partial charge in [0.1, 0.15) is 0 Å². The summed E-state index contributed by atoms with van der Waals surface area (Å²) in [6.07, 6.45) is 3.52. The molecule has 3 rings (SSSR count). The second kappa shape index (κ2) is 5.75. The largest absolute Gasteiger partial charge is 0.461 e. The zero-order chi connectivity index (χ0) is 14.7. The second-order valence-electron chi connectivity index (χ2n) is 4.61. The van der Waals surface area contributed by atoms with Crippen LogP contribution in [0.3, 0.4) is 0 Å². The van der Waals surface area contributed by atoms with E-state index in [0.29, 0.717) is 18.8 Å². The van der Waals surface area contributed by atoms with Crippen molar-refractivity contribution < 1.29 is 9.53 Å². The van der Waals surface area contributed by atoms with Crippen LogP contribution in [0.15, 0.2) is 48.8 Å². The van der Waals surface area contributed by atoms with Crippen molar-refractivity contribution in [2.75, 3.05) is 6.61 Å². The predicted octanol–water partition coefficient (Wildman–Crippen LogP) is 2.66. The Labute approximate surface area is 122 Å². The molecular formula is C16H15N3O2. The average molecular weight is 281 g/mol. The highest BCUT2D eigenvalue weighted by atomic mass is 16.5. The molecule has 0 aliphatic rings. The number of pyridine rings is 1. The van der Waals surface area contributed by atoms with Crippen LogP contribution in [0.5, 0.6) is 0 Å². The summed E-state index contributed by atoms with van der Waals surface area (Å²) in [4.78, 5) is 16.1. The van der Waals surface area contributed by atoms with E-state index in [2.05, 4.69) is 10.1 Å². The van der Waals surface area contributed by atoms with E-state index < -0.39 is 5.97 Å². The molecule has 3 aromatic rings. The van der Waals surface area contributed by atoms with E-state index in [9.17, 15) is 4.79 Å². The Kier molecular flexibility index (Phi) is 3.64. The van der Waals surface area contributed by atoms with Gasteiger partial charge in [-0.2, -0.15) is 5.10 Å². The fourth-order valence-corrected chi connectivity index (χ4v) is 2.26. The number of aromatic nitrogens is 3. The predicted molar refractivity (Wildman–Crippen MR) is 79.0 cm³/mol. The maximum Gasteiger partial charge on any atom is 0.359 e. The first-order valence-electron chi connectivity index (χ1n) is 6.81. The maximum absolute atomic E-state index is 12.0. The van der Waals surface area contributed by atoms with Gasteiger partial charge >= 0.3 is 5.97 Å². The zero-order valence-corrected chi connectivity index (χ0v) is 11.7. The third kappa shape index (κ3) is 2.63. The number of ether oxygens (including phenoxy) is 1. The van der Waals surface area contributed by atoms with Gasteiger partial charge in [-0.25, -0.2) is 4.79 Å². The topological polar surface area (TPSA) is 57.0 Å². The molecule has 2 heterocycles. The minimum atomic E-state index is -0.390. The first-order valence-corrected chi connectivity index (χ1v) is 6.81. The van der Waals surface area contributed by atoms with E-state index in [1.807, 2.05) is 36.4 Å². The number of rotatable bonds is 4. The molecule has 0 saturated heterocycles. The van der Waals surface area contributed by atoms with E-state index in [0.717, 1.165) is 16.5 Å². The number of para-hydroxylation sites is 1. The first kappa shape index (κ1) is 13.3. The van der Waals surface area contributed by atoms with Crippen molar-refractivity contribution in [1.82, 2.24) is 14.8 Å². The zero-order valence-electron chi connectivity index (χ0n) is 11.7. The van der Waals surface area contributed by atoms with Crippen LogP contribution in [0.1, 0.15) is 23.0 Å². The van der Waals surface area contributed by atoms with Crippen LogP contribution in [0.2, 0.25) is 0 Å². The van der Waals surface area contributed by atoms with Gasteiger partial charge in [-0.15, -0.1) is 0 Å². The van der Waals surface area contributed by atoms with Gasteiger partial charge in [0, 0.05) is 17.8 Å². The summed E-state index contributed by atoms with van der Waals surface area (Å²) >= 11 is 0. The van der Waals surface area contributed by atoms with Gasteiger partial charge in [0.15, 0.2) is 5.69 Å². The highest BCUT2D eigenvalue weighted by Crippen LogP contribution is 2.20. The lowest BCUT2D eigenvalue weighted by molar-refractivity contribution is 0.0520. The van der Waals surface area contributed by atoms with Crippen molar-refractivity contribution in [3.8, 4) is 0 Å². The summed E-state index contributed by atoms with van der Waals surface area (Å²) in [6, 6.07) is 11.5. The molecule has 1 aromatic carbocycles. The minimum absolute atomic E-state index is 0.336. The van der Waals surface area contributed by atoms with Crippen molar-refractivity contribution in [2.24, 2.45) is 0 Å². The van der Waals surface area contributed by atoms with Gasteiger partial charge in [0.05, 0.1) is 18.7 Å². The maximum atomic E-state index is 12.0. The number of carbonyl (C=O) groups excluding carboxylic acids is 1. The quantitative estimate of drug-likeness (QED) is 0.690. The molecule has 5 nitrogen and oxygen atoms in total. The monoisotopic (exact) mass is 281 g/mol. The third-order valence-corrected chi connectivity index (χ3v) is 3.18. The van der Waals surface area contributed by atoms with Gasteiger partial charge in [-0.3, -0.25) is 9.67 Å². The number of nitrogens with zero attached hydrogens (tertiary/aromatic N) is 3. The van der Waals surface area contributed by atoms with Gasteiger partial charge in [-0.05, 0) is 24.6 Å². The summed E-state index contributed by atoms with van der Waals surface area (Å²) in [7, 11) is 0. The lowest BCUT2D eigenvalue weighted by Crippen LogP contribution is -2.08. The molecule has 0 atom stereocenters. The Morgan fingerprint density at radius 1 is 1.24 bits per heavy atom. The van der Waals surface area contributed by atoms with Crippen molar-refractivity contribution in [2.45, 2.75) is 13.5 Å². The van der Waals surface area contributed by atoms with E-state index in [1.165, 1.54) is 0 Å². The molecule has 0 aliphatic carbocycles. The van der Waals surface area contributed by atoms with Crippen molar-refractivity contribution in [1.29, 1.82) is 0 Å².